The Morgan fingerprint density at radius 2 is 1.71 bits per heavy atom. The van der Waals surface area contributed by atoms with Crippen LogP contribution in [0.4, 0.5) is 0 Å². The van der Waals surface area contributed by atoms with E-state index >= 15 is 0 Å². The Kier molecular flexibility index (Phi) is 6.11. The van der Waals surface area contributed by atoms with E-state index in [0.29, 0.717) is 30.1 Å². The molecule has 2 aromatic rings. The number of amides is 1. The predicted molar refractivity (Wildman–Crippen MR) is 107 cm³/mol. The van der Waals surface area contributed by atoms with Gasteiger partial charge >= 0.3 is 0 Å². The number of para-hydroxylation sites is 1. The van der Waals surface area contributed by atoms with Gasteiger partial charge in [-0.2, -0.15) is 9.41 Å². The lowest BCUT2D eigenvalue weighted by Crippen LogP contribution is -2.28. The van der Waals surface area contributed by atoms with Crippen LogP contribution in [0.15, 0.2) is 58.5 Å². The van der Waals surface area contributed by atoms with Crippen LogP contribution < -0.4 is 10.2 Å². The van der Waals surface area contributed by atoms with Crippen LogP contribution in [0.25, 0.3) is 0 Å². The summed E-state index contributed by atoms with van der Waals surface area (Å²) in [5.41, 5.74) is 4.20. The number of methoxy groups -OCH3 is 1. The zero-order valence-corrected chi connectivity index (χ0v) is 16.7. The zero-order valence-electron chi connectivity index (χ0n) is 15.9. The first-order valence-corrected chi connectivity index (χ1v) is 10.5. The summed E-state index contributed by atoms with van der Waals surface area (Å²) in [4.78, 5) is 12.5. The first-order valence-electron chi connectivity index (χ1n) is 9.01. The topological polar surface area (TPSA) is 88.1 Å². The molecular weight excluding hydrogens is 378 g/mol. The molecule has 0 unspecified atom stereocenters. The third kappa shape index (κ3) is 4.23. The van der Waals surface area contributed by atoms with Crippen LogP contribution in [0.1, 0.15) is 35.7 Å². The van der Waals surface area contributed by atoms with Gasteiger partial charge in [0.25, 0.3) is 5.91 Å². The number of sulfonamides is 1. The Morgan fingerprint density at radius 3 is 2.36 bits per heavy atom. The minimum atomic E-state index is -3.49. The number of nitrogens with one attached hydrogen (secondary N) is 1. The Balaban J connectivity index is 1.71. The molecule has 2 aromatic carbocycles. The van der Waals surface area contributed by atoms with E-state index < -0.39 is 15.9 Å². The lowest BCUT2D eigenvalue weighted by Gasteiger charge is -2.15. The normalized spacial score (nSPS) is 15.4. The third-order valence-electron chi connectivity index (χ3n) is 4.64. The van der Waals surface area contributed by atoms with Crippen molar-refractivity contribution in [2.75, 3.05) is 20.2 Å². The quantitative estimate of drug-likeness (QED) is 0.595. The maximum Gasteiger partial charge on any atom is 0.271 e. The second-order valence-corrected chi connectivity index (χ2v) is 8.41. The minimum absolute atomic E-state index is 0.194. The van der Waals surface area contributed by atoms with Gasteiger partial charge in [-0.3, -0.25) is 4.79 Å². The van der Waals surface area contributed by atoms with Crippen molar-refractivity contribution in [3.8, 4) is 5.75 Å². The van der Waals surface area contributed by atoms with E-state index in [1.807, 2.05) is 24.3 Å². The van der Waals surface area contributed by atoms with E-state index in [2.05, 4.69) is 10.5 Å². The van der Waals surface area contributed by atoms with Gasteiger partial charge < -0.3 is 4.74 Å². The van der Waals surface area contributed by atoms with E-state index in [0.717, 1.165) is 18.4 Å². The van der Waals surface area contributed by atoms with Crippen molar-refractivity contribution < 1.29 is 17.9 Å². The largest absolute Gasteiger partial charge is 0.496 e. The van der Waals surface area contributed by atoms with Gasteiger partial charge in [-0.05, 0) is 56.2 Å². The van der Waals surface area contributed by atoms with Gasteiger partial charge in [-0.15, -0.1) is 0 Å². The number of carbonyl (C=O) groups excluding carboxylic acids is 1. The van der Waals surface area contributed by atoms with Crippen LogP contribution >= 0.6 is 0 Å². The van der Waals surface area contributed by atoms with Crippen LogP contribution in [-0.2, 0) is 10.0 Å². The molecular formula is C20H23N3O4S. The number of hydrogen-bond acceptors (Lipinski definition) is 5. The van der Waals surface area contributed by atoms with Crippen molar-refractivity contribution >= 4 is 21.6 Å². The van der Waals surface area contributed by atoms with Crippen LogP contribution in [-0.4, -0.2) is 44.5 Å². The Bertz CT molecular complexity index is 979. The lowest BCUT2D eigenvalue weighted by molar-refractivity contribution is 0.0954. The standard InChI is InChI=1S/C20H23N3O4S/c1-15(18-7-3-4-8-19(18)27-2)21-22-20(24)16-9-11-17(12-10-16)28(25,26)23-13-5-6-14-23/h3-4,7-12H,5-6,13-14H2,1-2H3,(H,22,24)/b21-15-. The number of rotatable bonds is 6. The molecule has 0 saturated carbocycles. The summed E-state index contributed by atoms with van der Waals surface area (Å²) in [5, 5.41) is 4.12. The zero-order chi connectivity index (χ0) is 20.1. The average molecular weight is 401 g/mol. The molecule has 8 heteroatoms. The van der Waals surface area contributed by atoms with Crippen molar-refractivity contribution in [1.29, 1.82) is 0 Å². The van der Waals surface area contributed by atoms with Gasteiger partial charge in [0.15, 0.2) is 0 Å². The summed E-state index contributed by atoms with van der Waals surface area (Å²) in [6.07, 6.45) is 1.76. The lowest BCUT2D eigenvalue weighted by atomic mass is 10.1. The van der Waals surface area contributed by atoms with Gasteiger partial charge in [-0.25, -0.2) is 13.8 Å². The maximum atomic E-state index is 12.5. The van der Waals surface area contributed by atoms with Crippen LogP contribution in [0.2, 0.25) is 0 Å². The highest BCUT2D eigenvalue weighted by Gasteiger charge is 2.27. The highest BCUT2D eigenvalue weighted by atomic mass is 32.2. The van der Waals surface area contributed by atoms with Crippen LogP contribution in [0, 0.1) is 0 Å². The van der Waals surface area contributed by atoms with E-state index in [1.165, 1.54) is 28.6 Å². The first kappa shape index (κ1) is 20.0. The van der Waals surface area contributed by atoms with Gasteiger partial charge in [0.05, 0.1) is 17.7 Å². The van der Waals surface area contributed by atoms with Crippen molar-refractivity contribution in [3.63, 3.8) is 0 Å². The molecule has 1 fully saturated rings. The Hall–Kier alpha value is -2.71. The molecule has 0 radical (unpaired) electrons. The summed E-state index contributed by atoms with van der Waals surface area (Å²) < 4.78 is 31.8. The second kappa shape index (κ2) is 8.53. The first-order chi connectivity index (χ1) is 13.4. The fourth-order valence-corrected chi connectivity index (χ4v) is 4.58. The Morgan fingerprint density at radius 1 is 1.07 bits per heavy atom. The number of nitrogens with zero attached hydrogens (tertiary/aromatic N) is 2. The van der Waals surface area contributed by atoms with E-state index in [-0.39, 0.29) is 4.90 Å². The molecule has 1 saturated heterocycles. The molecule has 1 heterocycles. The Labute approximate surface area is 165 Å². The number of hydrogen-bond donors (Lipinski definition) is 1. The summed E-state index contributed by atoms with van der Waals surface area (Å²) >= 11 is 0. The van der Waals surface area contributed by atoms with Gasteiger partial charge in [0.1, 0.15) is 5.75 Å². The molecule has 7 nitrogen and oxygen atoms in total. The number of carbonyl (C=O) groups is 1. The molecule has 28 heavy (non-hydrogen) atoms. The highest BCUT2D eigenvalue weighted by molar-refractivity contribution is 7.89. The monoisotopic (exact) mass is 401 g/mol. The molecule has 0 aromatic heterocycles. The molecule has 1 aliphatic heterocycles. The summed E-state index contributed by atoms with van der Waals surface area (Å²) in [6, 6.07) is 13.3. The van der Waals surface area contributed by atoms with Crippen molar-refractivity contribution in [3.05, 3.63) is 59.7 Å². The van der Waals surface area contributed by atoms with E-state index in [4.69, 9.17) is 4.74 Å². The summed E-state index contributed by atoms with van der Waals surface area (Å²) in [7, 11) is -1.92. The van der Waals surface area contributed by atoms with Gasteiger partial charge in [-0.1, -0.05) is 12.1 Å². The summed E-state index contributed by atoms with van der Waals surface area (Å²) in [5.74, 6) is 0.244. The van der Waals surface area contributed by atoms with Gasteiger partial charge in [0.2, 0.25) is 10.0 Å². The molecule has 0 bridgehead atoms. The third-order valence-corrected chi connectivity index (χ3v) is 6.55. The molecule has 3 rings (SSSR count). The number of hydrazone groups is 1. The minimum Gasteiger partial charge on any atom is -0.496 e. The summed E-state index contributed by atoms with van der Waals surface area (Å²) in [6.45, 7) is 2.85. The van der Waals surface area contributed by atoms with Gasteiger partial charge in [0, 0.05) is 24.2 Å². The molecule has 1 amide bonds. The second-order valence-electron chi connectivity index (χ2n) is 6.47. The van der Waals surface area contributed by atoms with Crippen LogP contribution in [0.5, 0.6) is 5.75 Å². The molecule has 0 atom stereocenters. The fourth-order valence-electron chi connectivity index (χ4n) is 3.06. The van der Waals surface area contributed by atoms with Crippen molar-refractivity contribution in [2.45, 2.75) is 24.7 Å². The molecule has 0 spiro atoms. The smallest absolute Gasteiger partial charge is 0.271 e. The number of ether oxygens (including phenoxy) is 1. The molecule has 0 aliphatic carbocycles. The maximum absolute atomic E-state index is 12.5. The SMILES string of the molecule is COc1ccccc1/C(C)=N\NC(=O)c1ccc(S(=O)(=O)N2CCCC2)cc1. The van der Waals surface area contributed by atoms with E-state index in [1.54, 1.807) is 14.0 Å². The predicted octanol–water partition coefficient (Wildman–Crippen LogP) is 2.63. The molecule has 148 valence electrons. The van der Waals surface area contributed by atoms with Crippen LogP contribution in [0.3, 0.4) is 0 Å². The molecule has 1 N–H and O–H groups in total. The number of benzene rings is 2. The van der Waals surface area contributed by atoms with E-state index in [9.17, 15) is 13.2 Å². The van der Waals surface area contributed by atoms with Crippen molar-refractivity contribution in [2.24, 2.45) is 5.10 Å². The highest BCUT2D eigenvalue weighted by Crippen LogP contribution is 2.21. The fraction of sp³-hybridized carbons (Fsp3) is 0.300. The average Bonchev–Trinajstić information content (AvgIpc) is 3.27. The van der Waals surface area contributed by atoms with Crippen molar-refractivity contribution in [1.82, 2.24) is 9.73 Å². The molecule has 1 aliphatic rings.